The van der Waals surface area contributed by atoms with E-state index >= 15 is 0 Å². The number of hydrogen-bond donors (Lipinski definition) is 0. The molecule has 18 heavy (non-hydrogen) atoms. The second-order valence-corrected chi connectivity index (χ2v) is 5.35. The van der Waals surface area contributed by atoms with Gasteiger partial charge in [0.2, 0.25) is 0 Å². The molecule has 3 heteroatoms. The second kappa shape index (κ2) is 4.70. The van der Waals surface area contributed by atoms with Gasteiger partial charge < -0.3 is 0 Å². The predicted molar refractivity (Wildman–Crippen MR) is 75.5 cm³/mol. The maximum atomic E-state index is 4.48. The Bertz CT molecular complexity index is 642. The summed E-state index contributed by atoms with van der Waals surface area (Å²) in [4.78, 5) is 11.3. The molecular formula is C15H12N2S. The maximum Gasteiger partial charge on any atom is 0.0886 e. The lowest BCUT2D eigenvalue weighted by Crippen LogP contribution is -1.86. The zero-order valence-electron chi connectivity index (χ0n) is 10.00. The van der Waals surface area contributed by atoms with Gasteiger partial charge in [-0.3, -0.25) is 9.97 Å². The SMILES string of the molecule is Cc1ccc(-c2ccc(-c3ccccn3)nc2)s1. The maximum absolute atomic E-state index is 4.48. The summed E-state index contributed by atoms with van der Waals surface area (Å²) in [6, 6.07) is 14.2. The van der Waals surface area contributed by atoms with E-state index in [2.05, 4.69) is 35.1 Å². The molecule has 0 spiro atoms. The molecule has 0 saturated carbocycles. The molecule has 0 atom stereocenters. The molecular weight excluding hydrogens is 240 g/mol. The predicted octanol–water partition coefficient (Wildman–Crippen LogP) is 4.18. The number of hydrogen-bond acceptors (Lipinski definition) is 3. The fourth-order valence-corrected chi connectivity index (χ4v) is 2.65. The second-order valence-electron chi connectivity index (χ2n) is 4.06. The zero-order valence-corrected chi connectivity index (χ0v) is 10.8. The van der Waals surface area contributed by atoms with Gasteiger partial charge in [-0.1, -0.05) is 6.07 Å². The summed E-state index contributed by atoms with van der Waals surface area (Å²) in [5.74, 6) is 0. The normalized spacial score (nSPS) is 10.5. The summed E-state index contributed by atoms with van der Waals surface area (Å²) in [5, 5.41) is 0. The molecule has 3 rings (SSSR count). The van der Waals surface area contributed by atoms with Crippen LogP contribution in [-0.2, 0) is 0 Å². The monoisotopic (exact) mass is 252 g/mol. The summed E-state index contributed by atoms with van der Waals surface area (Å²) >= 11 is 1.79. The largest absolute Gasteiger partial charge is 0.255 e. The topological polar surface area (TPSA) is 25.8 Å². The molecule has 0 N–H and O–H groups in total. The van der Waals surface area contributed by atoms with E-state index in [4.69, 9.17) is 0 Å². The van der Waals surface area contributed by atoms with E-state index in [1.807, 2.05) is 30.5 Å². The number of aryl methyl sites for hydroxylation is 1. The number of aromatic nitrogens is 2. The molecule has 3 aromatic rings. The first kappa shape index (κ1) is 11.1. The van der Waals surface area contributed by atoms with Gasteiger partial charge in [-0.15, -0.1) is 11.3 Å². The Hall–Kier alpha value is -2.00. The van der Waals surface area contributed by atoms with Crippen LogP contribution in [0.15, 0.2) is 54.9 Å². The molecule has 0 aromatic carbocycles. The number of pyridine rings is 2. The van der Waals surface area contributed by atoms with E-state index in [0.717, 1.165) is 17.0 Å². The highest BCUT2D eigenvalue weighted by Crippen LogP contribution is 2.27. The van der Waals surface area contributed by atoms with Crippen molar-refractivity contribution >= 4 is 11.3 Å². The highest BCUT2D eigenvalue weighted by atomic mass is 32.1. The minimum atomic E-state index is 0.909. The van der Waals surface area contributed by atoms with Crippen molar-refractivity contribution in [3.8, 4) is 21.8 Å². The van der Waals surface area contributed by atoms with Gasteiger partial charge in [-0.05, 0) is 43.3 Å². The Morgan fingerprint density at radius 2 is 1.78 bits per heavy atom. The third-order valence-electron chi connectivity index (χ3n) is 2.72. The standard InChI is InChI=1S/C15H12N2S/c1-11-5-8-15(18-11)12-6-7-14(17-10-12)13-4-2-3-9-16-13/h2-10H,1H3. The van der Waals surface area contributed by atoms with Crippen molar-refractivity contribution in [1.29, 1.82) is 0 Å². The lowest BCUT2D eigenvalue weighted by Gasteiger charge is -2.01. The Morgan fingerprint density at radius 1 is 0.889 bits per heavy atom. The van der Waals surface area contributed by atoms with Crippen molar-refractivity contribution in [3.05, 3.63) is 59.7 Å². The lowest BCUT2D eigenvalue weighted by molar-refractivity contribution is 1.25. The van der Waals surface area contributed by atoms with E-state index in [-0.39, 0.29) is 0 Å². The highest BCUT2D eigenvalue weighted by molar-refractivity contribution is 7.15. The van der Waals surface area contributed by atoms with Crippen LogP contribution < -0.4 is 0 Å². The molecule has 2 nitrogen and oxygen atoms in total. The van der Waals surface area contributed by atoms with Crippen LogP contribution in [0.25, 0.3) is 21.8 Å². The van der Waals surface area contributed by atoms with Crippen LogP contribution in [0.3, 0.4) is 0 Å². The van der Waals surface area contributed by atoms with Crippen LogP contribution in [0.2, 0.25) is 0 Å². The molecule has 0 fully saturated rings. The zero-order chi connectivity index (χ0) is 12.4. The van der Waals surface area contributed by atoms with Crippen LogP contribution in [0.1, 0.15) is 4.88 Å². The average Bonchev–Trinajstić information content (AvgIpc) is 2.87. The highest BCUT2D eigenvalue weighted by Gasteiger charge is 2.03. The number of thiophene rings is 1. The first-order valence-electron chi connectivity index (χ1n) is 5.77. The van der Waals surface area contributed by atoms with Crippen molar-refractivity contribution in [3.63, 3.8) is 0 Å². The van der Waals surface area contributed by atoms with Gasteiger partial charge in [0, 0.05) is 27.7 Å². The first-order valence-corrected chi connectivity index (χ1v) is 6.59. The summed E-state index contributed by atoms with van der Waals surface area (Å²) < 4.78 is 0. The Kier molecular flexibility index (Phi) is 2.90. The van der Waals surface area contributed by atoms with Crippen LogP contribution in [0, 0.1) is 6.92 Å². The van der Waals surface area contributed by atoms with Gasteiger partial charge in [-0.25, -0.2) is 0 Å². The molecule has 0 aliphatic heterocycles. The van der Waals surface area contributed by atoms with Gasteiger partial charge in [0.1, 0.15) is 0 Å². The Balaban J connectivity index is 1.94. The third kappa shape index (κ3) is 2.17. The first-order chi connectivity index (χ1) is 8.83. The Labute approximate surface area is 110 Å². The minimum absolute atomic E-state index is 0.909. The van der Waals surface area contributed by atoms with E-state index in [1.54, 1.807) is 17.5 Å². The summed E-state index contributed by atoms with van der Waals surface area (Å²) in [5.41, 5.74) is 2.98. The summed E-state index contributed by atoms with van der Waals surface area (Å²) in [6.07, 6.45) is 3.70. The van der Waals surface area contributed by atoms with Gasteiger partial charge in [-0.2, -0.15) is 0 Å². The third-order valence-corrected chi connectivity index (χ3v) is 3.77. The fraction of sp³-hybridized carbons (Fsp3) is 0.0667. The number of rotatable bonds is 2. The molecule has 0 aliphatic rings. The smallest absolute Gasteiger partial charge is 0.0886 e. The van der Waals surface area contributed by atoms with E-state index in [9.17, 15) is 0 Å². The van der Waals surface area contributed by atoms with E-state index in [0.29, 0.717) is 0 Å². The molecule has 0 bridgehead atoms. The van der Waals surface area contributed by atoms with Crippen molar-refractivity contribution in [1.82, 2.24) is 9.97 Å². The van der Waals surface area contributed by atoms with Gasteiger partial charge in [0.25, 0.3) is 0 Å². The molecule has 0 saturated heterocycles. The minimum Gasteiger partial charge on any atom is -0.255 e. The average molecular weight is 252 g/mol. The van der Waals surface area contributed by atoms with Crippen LogP contribution in [0.5, 0.6) is 0 Å². The van der Waals surface area contributed by atoms with Crippen LogP contribution in [0.4, 0.5) is 0 Å². The molecule has 0 aliphatic carbocycles. The molecule has 0 unspecified atom stereocenters. The van der Waals surface area contributed by atoms with Gasteiger partial charge in [0.15, 0.2) is 0 Å². The van der Waals surface area contributed by atoms with Crippen molar-refractivity contribution in [2.45, 2.75) is 6.92 Å². The quantitative estimate of drug-likeness (QED) is 0.683. The molecule has 88 valence electrons. The van der Waals surface area contributed by atoms with Gasteiger partial charge >= 0.3 is 0 Å². The molecule has 3 aromatic heterocycles. The van der Waals surface area contributed by atoms with Gasteiger partial charge in [0.05, 0.1) is 11.4 Å². The lowest BCUT2D eigenvalue weighted by atomic mass is 10.2. The molecule has 3 heterocycles. The Morgan fingerprint density at radius 3 is 2.39 bits per heavy atom. The summed E-state index contributed by atoms with van der Waals surface area (Å²) in [6.45, 7) is 2.11. The molecule has 0 radical (unpaired) electrons. The van der Waals surface area contributed by atoms with Crippen molar-refractivity contribution in [2.24, 2.45) is 0 Å². The van der Waals surface area contributed by atoms with E-state index in [1.165, 1.54) is 9.75 Å². The fourth-order valence-electron chi connectivity index (χ4n) is 1.80. The number of nitrogens with zero attached hydrogens (tertiary/aromatic N) is 2. The van der Waals surface area contributed by atoms with Crippen LogP contribution >= 0.6 is 11.3 Å². The van der Waals surface area contributed by atoms with Crippen molar-refractivity contribution < 1.29 is 0 Å². The summed E-state index contributed by atoms with van der Waals surface area (Å²) in [7, 11) is 0. The van der Waals surface area contributed by atoms with Crippen LogP contribution in [-0.4, -0.2) is 9.97 Å². The molecule has 0 amide bonds. The van der Waals surface area contributed by atoms with Crippen molar-refractivity contribution in [2.75, 3.05) is 0 Å². The van der Waals surface area contributed by atoms with E-state index < -0.39 is 0 Å².